The molecule has 0 spiro atoms. The molecule has 2 aromatic carbocycles. The molecule has 3 N–H and O–H groups in total. The molecule has 1 atom stereocenters. The lowest BCUT2D eigenvalue weighted by Crippen LogP contribution is -2.44. The van der Waals surface area contributed by atoms with Crippen molar-refractivity contribution in [2.45, 2.75) is 39.3 Å². The third-order valence-electron chi connectivity index (χ3n) is 5.13. The second-order valence-electron chi connectivity index (χ2n) is 7.38. The minimum Gasteiger partial charge on any atom is -0.361 e. The fraction of sp³-hybridized carbons (Fsp3) is 0.261. The third-order valence-corrected chi connectivity index (χ3v) is 5.13. The number of aromatic amines is 1. The summed E-state index contributed by atoms with van der Waals surface area (Å²) in [6.45, 7) is 4.24. The van der Waals surface area contributed by atoms with Crippen molar-refractivity contribution in [1.29, 1.82) is 0 Å². The maximum Gasteiger partial charge on any atom is 0.249 e. The van der Waals surface area contributed by atoms with E-state index in [0.717, 1.165) is 40.5 Å². The summed E-state index contributed by atoms with van der Waals surface area (Å²) in [5.41, 5.74) is 3.78. The largest absolute Gasteiger partial charge is 0.361 e. The maximum atomic E-state index is 13.2. The van der Waals surface area contributed by atoms with Gasteiger partial charge in [0, 0.05) is 37.0 Å². The highest BCUT2D eigenvalue weighted by Gasteiger charge is 2.23. The number of nitrogens with zero attached hydrogens (tertiary/aromatic N) is 2. The number of fused-ring (bicyclic) bond motifs is 2. The number of nitrogens with one attached hydrogen (secondary N) is 3. The first-order chi connectivity index (χ1) is 14.6. The number of carbonyl (C=O) groups excluding carboxylic acids is 2. The van der Waals surface area contributed by atoms with Crippen molar-refractivity contribution in [2.75, 3.05) is 5.32 Å². The second-order valence-corrected chi connectivity index (χ2v) is 7.38. The highest BCUT2D eigenvalue weighted by molar-refractivity contribution is 5.98. The zero-order valence-electron chi connectivity index (χ0n) is 17.1. The number of aryl methyl sites for hydroxylation is 1. The summed E-state index contributed by atoms with van der Waals surface area (Å²) in [4.78, 5) is 32.8. The van der Waals surface area contributed by atoms with Gasteiger partial charge in [0.25, 0.3) is 0 Å². The first-order valence-electron chi connectivity index (χ1n) is 10.1. The smallest absolute Gasteiger partial charge is 0.249 e. The standard InChI is InChI=1S/C23H25N5O2/c1-3-12-28-21-11-7-6-10-19(21)26-23(28)27-22(30)20(25-15(2)29)13-16-14-24-18-9-5-4-8-17(16)18/h4-11,14,20,24H,3,12-13H2,1-2H3,(H,25,29)(H,26,27,30)/t20-/m0/s1. The minimum absolute atomic E-state index is 0.253. The number of anilines is 1. The van der Waals surface area contributed by atoms with Crippen molar-refractivity contribution >= 4 is 39.7 Å². The van der Waals surface area contributed by atoms with Gasteiger partial charge in [-0.1, -0.05) is 37.3 Å². The Morgan fingerprint density at radius 1 is 1.13 bits per heavy atom. The summed E-state index contributed by atoms with van der Waals surface area (Å²) in [6.07, 6.45) is 3.18. The Morgan fingerprint density at radius 3 is 2.70 bits per heavy atom. The van der Waals surface area contributed by atoms with Gasteiger partial charge in [0.05, 0.1) is 11.0 Å². The molecule has 7 heteroatoms. The van der Waals surface area contributed by atoms with E-state index in [2.05, 4.69) is 27.5 Å². The monoisotopic (exact) mass is 403 g/mol. The summed E-state index contributed by atoms with van der Waals surface area (Å²) < 4.78 is 2.00. The van der Waals surface area contributed by atoms with Crippen LogP contribution in [0.3, 0.4) is 0 Å². The average molecular weight is 403 g/mol. The van der Waals surface area contributed by atoms with Crippen molar-refractivity contribution in [3.63, 3.8) is 0 Å². The zero-order valence-corrected chi connectivity index (χ0v) is 17.1. The number of amides is 2. The number of para-hydroxylation sites is 3. The number of rotatable bonds is 7. The van der Waals surface area contributed by atoms with Crippen molar-refractivity contribution in [3.05, 3.63) is 60.3 Å². The van der Waals surface area contributed by atoms with Gasteiger partial charge in [-0.3, -0.25) is 14.9 Å². The van der Waals surface area contributed by atoms with Crippen LogP contribution in [0.1, 0.15) is 25.8 Å². The molecule has 2 amide bonds. The lowest BCUT2D eigenvalue weighted by atomic mass is 10.0. The van der Waals surface area contributed by atoms with E-state index in [4.69, 9.17) is 0 Å². The molecular weight excluding hydrogens is 378 g/mol. The predicted octanol–water partition coefficient (Wildman–Crippen LogP) is 3.61. The predicted molar refractivity (Wildman–Crippen MR) is 118 cm³/mol. The van der Waals surface area contributed by atoms with Crippen LogP contribution in [0.15, 0.2) is 54.7 Å². The van der Waals surface area contributed by atoms with E-state index in [0.29, 0.717) is 12.4 Å². The number of aromatic nitrogens is 3. The number of benzene rings is 2. The van der Waals surface area contributed by atoms with E-state index in [1.165, 1.54) is 6.92 Å². The van der Waals surface area contributed by atoms with Crippen molar-refractivity contribution < 1.29 is 9.59 Å². The van der Waals surface area contributed by atoms with Crippen LogP contribution >= 0.6 is 0 Å². The second kappa shape index (κ2) is 8.41. The Hall–Kier alpha value is -3.61. The average Bonchev–Trinajstić information content (AvgIpc) is 3.29. The molecule has 2 heterocycles. The topological polar surface area (TPSA) is 91.8 Å². The van der Waals surface area contributed by atoms with E-state index in [1.807, 2.05) is 59.3 Å². The number of hydrogen-bond donors (Lipinski definition) is 3. The molecule has 0 aliphatic carbocycles. The fourth-order valence-electron chi connectivity index (χ4n) is 3.79. The SMILES string of the molecule is CCCn1c(NC(=O)[C@H](Cc2c[nH]c3ccccc23)NC(C)=O)nc2ccccc21. The van der Waals surface area contributed by atoms with Gasteiger partial charge in [-0.2, -0.15) is 0 Å². The summed E-state index contributed by atoms with van der Waals surface area (Å²) in [6, 6.07) is 15.0. The van der Waals surface area contributed by atoms with Crippen LogP contribution in [0.4, 0.5) is 5.95 Å². The van der Waals surface area contributed by atoms with E-state index in [1.54, 1.807) is 0 Å². The Balaban J connectivity index is 1.62. The Labute approximate surface area is 174 Å². The van der Waals surface area contributed by atoms with Crippen LogP contribution in [-0.4, -0.2) is 32.4 Å². The van der Waals surface area contributed by atoms with Gasteiger partial charge in [-0.25, -0.2) is 4.98 Å². The van der Waals surface area contributed by atoms with Crippen LogP contribution in [0, 0.1) is 0 Å². The van der Waals surface area contributed by atoms with E-state index in [9.17, 15) is 9.59 Å². The molecule has 4 aromatic rings. The molecule has 0 fully saturated rings. The van der Waals surface area contributed by atoms with Crippen molar-refractivity contribution in [1.82, 2.24) is 19.9 Å². The van der Waals surface area contributed by atoms with Gasteiger partial charge < -0.3 is 14.9 Å². The molecule has 0 aliphatic heterocycles. The lowest BCUT2D eigenvalue weighted by Gasteiger charge is -2.18. The Kier molecular flexibility index (Phi) is 5.52. The van der Waals surface area contributed by atoms with Crippen LogP contribution in [-0.2, 0) is 22.6 Å². The van der Waals surface area contributed by atoms with Crippen LogP contribution < -0.4 is 10.6 Å². The molecule has 2 aromatic heterocycles. The quantitative estimate of drug-likeness (QED) is 0.440. The lowest BCUT2D eigenvalue weighted by molar-refractivity contribution is -0.125. The van der Waals surface area contributed by atoms with Crippen molar-refractivity contribution in [2.24, 2.45) is 0 Å². The molecule has 0 radical (unpaired) electrons. The van der Waals surface area contributed by atoms with Crippen LogP contribution in [0.25, 0.3) is 21.9 Å². The number of imidazole rings is 1. The molecule has 0 aliphatic rings. The Morgan fingerprint density at radius 2 is 1.90 bits per heavy atom. The van der Waals surface area contributed by atoms with Gasteiger partial charge in [0.2, 0.25) is 17.8 Å². The molecule has 0 unspecified atom stereocenters. The molecule has 0 saturated carbocycles. The van der Waals surface area contributed by atoms with Crippen molar-refractivity contribution in [3.8, 4) is 0 Å². The Bertz CT molecular complexity index is 1210. The van der Waals surface area contributed by atoms with Gasteiger partial charge in [-0.15, -0.1) is 0 Å². The van der Waals surface area contributed by atoms with Crippen LogP contribution in [0.2, 0.25) is 0 Å². The molecule has 0 bridgehead atoms. The van der Waals surface area contributed by atoms with Gasteiger partial charge in [-0.05, 0) is 30.2 Å². The highest BCUT2D eigenvalue weighted by Crippen LogP contribution is 2.22. The summed E-state index contributed by atoms with van der Waals surface area (Å²) in [5, 5.41) is 6.77. The van der Waals surface area contributed by atoms with Gasteiger partial charge in [0.15, 0.2) is 0 Å². The fourth-order valence-corrected chi connectivity index (χ4v) is 3.79. The van der Waals surface area contributed by atoms with Crippen LogP contribution in [0.5, 0.6) is 0 Å². The number of hydrogen-bond acceptors (Lipinski definition) is 3. The molecule has 30 heavy (non-hydrogen) atoms. The zero-order chi connectivity index (χ0) is 21.1. The van der Waals surface area contributed by atoms with E-state index < -0.39 is 6.04 Å². The first-order valence-corrected chi connectivity index (χ1v) is 10.1. The van der Waals surface area contributed by atoms with Gasteiger partial charge in [0.1, 0.15) is 6.04 Å². The first kappa shape index (κ1) is 19.7. The summed E-state index contributed by atoms with van der Waals surface area (Å²) in [5.74, 6) is -0.0440. The number of carbonyl (C=O) groups is 2. The van der Waals surface area contributed by atoms with E-state index in [-0.39, 0.29) is 11.8 Å². The summed E-state index contributed by atoms with van der Waals surface area (Å²) in [7, 11) is 0. The molecule has 0 saturated heterocycles. The molecule has 154 valence electrons. The molecule has 7 nitrogen and oxygen atoms in total. The molecular formula is C23H25N5O2. The third kappa shape index (κ3) is 3.91. The maximum absolute atomic E-state index is 13.2. The van der Waals surface area contributed by atoms with Gasteiger partial charge >= 0.3 is 0 Å². The van der Waals surface area contributed by atoms with E-state index >= 15 is 0 Å². The minimum atomic E-state index is -0.711. The highest BCUT2D eigenvalue weighted by atomic mass is 16.2. The molecule has 4 rings (SSSR count). The number of H-pyrrole nitrogens is 1. The summed E-state index contributed by atoms with van der Waals surface area (Å²) >= 11 is 0. The normalized spacial score (nSPS) is 12.2.